The number of hydrogen-bond acceptors (Lipinski definition) is 2. The first kappa shape index (κ1) is 13.4. The van der Waals surface area contributed by atoms with Gasteiger partial charge in [0.2, 0.25) is 0 Å². The number of carbonyl (C=O) groups excluding carboxylic acids is 1. The summed E-state index contributed by atoms with van der Waals surface area (Å²) < 4.78 is 5.39. The number of hydrogen-bond donors (Lipinski definition) is 1. The molecule has 2 aromatic carbocycles. The third-order valence-corrected chi connectivity index (χ3v) is 4.62. The summed E-state index contributed by atoms with van der Waals surface area (Å²) in [4.78, 5) is 15.6. The number of rotatable bonds is 2. The second kappa shape index (κ2) is 4.89. The van der Waals surface area contributed by atoms with Crippen molar-refractivity contribution in [3.63, 3.8) is 0 Å². The SMILES string of the molecule is COc1cccc2c(C3CC(=O)c4cc(Cl)ccc43)c[nH]c12. The zero-order valence-corrected chi connectivity index (χ0v) is 12.8. The summed E-state index contributed by atoms with van der Waals surface area (Å²) in [5, 5.41) is 1.70. The maximum Gasteiger partial charge on any atom is 0.164 e. The molecule has 1 N–H and O–H groups in total. The number of ether oxygens (including phenoxy) is 1. The van der Waals surface area contributed by atoms with Gasteiger partial charge in [-0.05, 0) is 29.3 Å². The molecule has 0 radical (unpaired) electrons. The van der Waals surface area contributed by atoms with E-state index < -0.39 is 0 Å². The highest BCUT2D eigenvalue weighted by Crippen LogP contribution is 2.42. The first-order valence-electron chi connectivity index (χ1n) is 7.15. The van der Waals surface area contributed by atoms with Crippen molar-refractivity contribution in [2.45, 2.75) is 12.3 Å². The third-order valence-electron chi connectivity index (χ3n) is 4.39. The Morgan fingerprint density at radius 1 is 1.23 bits per heavy atom. The van der Waals surface area contributed by atoms with E-state index in [4.69, 9.17) is 16.3 Å². The average Bonchev–Trinajstić information content (AvgIpc) is 3.08. The molecule has 1 unspecified atom stereocenters. The van der Waals surface area contributed by atoms with Crippen LogP contribution in [0.25, 0.3) is 10.9 Å². The van der Waals surface area contributed by atoms with Crippen molar-refractivity contribution in [3.8, 4) is 5.75 Å². The summed E-state index contributed by atoms with van der Waals surface area (Å²) in [5.74, 6) is 1.03. The minimum Gasteiger partial charge on any atom is -0.495 e. The van der Waals surface area contributed by atoms with Crippen LogP contribution in [0.2, 0.25) is 5.02 Å². The number of halogens is 1. The van der Waals surface area contributed by atoms with E-state index in [0.29, 0.717) is 11.4 Å². The Bertz CT molecular complexity index is 897. The van der Waals surface area contributed by atoms with Crippen molar-refractivity contribution in [2.75, 3.05) is 7.11 Å². The molecule has 3 aromatic rings. The van der Waals surface area contributed by atoms with Gasteiger partial charge in [-0.2, -0.15) is 0 Å². The molecule has 0 fully saturated rings. The molecular formula is C18H14ClNO2. The zero-order valence-electron chi connectivity index (χ0n) is 12.0. The molecule has 22 heavy (non-hydrogen) atoms. The zero-order chi connectivity index (χ0) is 15.3. The second-order valence-electron chi connectivity index (χ2n) is 5.54. The fourth-order valence-corrected chi connectivity index (χ4v) is 3.54. The summed E-state index contributed by atoms with van der Waals surface area (Å²) >= 11 is 6.02. The Morgan fingerprint density at radius 2 is 2.09 bits per heavy atom. The average molecular weight is 312 g/mol. The van der Waals surface area contributed by atoms with Gasteiger partial charge in [-0.3, -0.25) is 4.79 Å². The van der Waals surface area contributed by atoms with Crippen molar-refractivity contribution in [1.82, 2.24) is 4.98 Å². The number of para-hydroxylation sites is 1. The van der Waals surface area contributed by atoms with Gasteiger partial charge < -0.3 is 9.72 Å². The van der Waals surface area contributed by atoms with Gasteiger partial charge in [0.25, 0.3) is 0 Å². The van der Waals surface area contributed by atoms with Crippen LogP contribution in [0, 0.1) is 0 Å². The predicted molar refractivity (Wildman–Crippen MR) is 87.1 cm³/mol. The third kappa shape index (κ3) is 1.86. The van der Waals surface area contributed by atoms with Crippen LogP contribution in [0.15, 0.2) is 42.6 Å². The van der Waals surface area contributed by atoms with E-state index in [2.05, 4.69) is 11.1 Å². The Balaban J connectivity index is 1.90. The van der Waals surface area contributed by atoms with Gasteiger partial charge in [0.1, 0.15) is 5.75 Å². The number of carbonyl (C=O) groups is 1. The molecule has 3 nitrogen and oxygen atoms in total. The monoisotopic (exact) mass is 311 g/mol. The summed E-state index contributed by atoms with van der Waals surface area (Å²) in [7, 11) is 1.66. The van der Waals surface area contributed by atoms with Crippen LogP contribution in [0.3, 0.4) is 0 Å². The summed E-state index contributed by atoms with van der Waals surface area (Å²) in [5.41, 5.74) is 3.89. The van der Waals surface area contributed by atoms with E-state index in [1.165, 1.54) is 0 Å². The maximum absolute atomic E-state index is 12.3. The Hall–Kier alpha value is -2.26. The topological polar surface area (TPSA) is 42.1 Å². The number of ketones is 1. The largest absolute Gasteiger partial charge is 0.495 e. The number of aromatic amines is 1. The number of Topliss-reactive ketones (excluding diaryl/α,β-unsaturated/α-hetero) is 1. The Labute approximate surface area is 132 Å². The molecular weight excluding hydrogens is 298 g/mol. The normalized spacial score (nSPS) is 17.0. The first-order valence-corrected chi connectivity index (χ1v) is 7.53. The van der Waals surface area contributed by atoms with E-state index in [9.17, 15) is 4.79 Å². The number of fused-ring (bicyclic) bond motifs is 2. The molecule has 0 aliphatic heterocycles. The summed E-state index contributed by atoms with van der Waals surface area (Å²) in [6.07, 6.45) is 2.47. The van der Waals surface area contributed by atoms with Crippen molar-refractivity contribution in [1.29, 1.82) is 0 Å². The van der Waals surface area contributed by atoms with Gasteiger partial charge in [0, 0.05) is 34.5 Å². The molecule has 4 rings (SSSR count). The van der Waals surface area contributed by atoms with Crippen LogP contribution in [0.5, 0.6) is 5.75 Å². The number of H-pyrrole nitrogens is 1. The molecule has 4 heteroatoms. The molecule has 1 aliphatic rings. The smallest absolute Gasteiger partial charge is 0.164 e. The predicted octanol–water partition coefficient (Wildman–Crippen LogP) is 4.55. The van der Waals surface area contributed by atoms with E-state index in [1.807, 2.05) is 30.5 Å². The Morgan fingerprint density at radius 3 is 2.91 bits per heavy atom. The fraction of sp³-hybridized carbons (Fsp3) is 0.167. The van der Waals surface area contributed by atoms with Gasteiger partial charge in [-0.25, -0.2) is 0 Å². The molecule has 0 amide bonds. The van der Waals surface area contributed by atoms with E-state index in [-0.39, 0.29) is 11.7 Å². The molecule has 1 atom stereocenters. The van der Waals surface area contributed by atoms with Crippen LogP contribution < -0.4 is 4.74 Å². The van der Waals surface area contributed by atoms with Crippen molar-refractivity contribution < 1.29 is 9.53 Å². The van der Waals surface area contributed by atoms with Crippen molar-refractivity contribution in [3.05, 3.63) is 64.3 Å². The fourth-order valence-electron chi connectivity index (χ4n) is 3.36. The molecule has 0 bridgehead atoms. The van der Waals surface area contributed by atoms with Crippen molar-refractivity contribution in [2.24, 2.45) is 0 Å². The lowest BCUT2D eigenvalue weighted by Crippen LogP contribution is -1.95. The lowest BCUT2D eigenvalue weighted by atomic mass is 9.92. The molecule has 0 saturated carbocycles. The van der Waals surface area contributed by atoms with E-state index in [1.54, 1.807) is 13.2 Å². The molecule has 110 valence electrons. The number of aromatic nitrogens is 1. The lowest BCUT2D eigenvalue weighted by molar-refractivity contribution is 0.0991. The maximum atomic E-state index is 12.3. The highest BCUT2D eigenvalue weighted by molar-refractivity contribution is 6.31. The minimum absolute atomic E-state index is 0.0700. The first-order chi connectivity index (χ1) is 10.7. The van der Waals surface area contributed by atoms with Crippen LogP contribution in [-0.2, 0) is 0 Å². The van der Waals surface area contributed by atoms with Crippen LogP contribution in [0.1, 0.15) is 33.8 Å². The van der Waals surface area contributed by atoms with E-state index in [0.717, 1.165) is 33.3 Å². The van der Waals surface area contributed by atoms with Gasteiger partial charge in [-0.1, -0.05) is 29.8 Å². The summed E-state index contributed by atoms with van der Waals surface area (Å²) in [6.45, 7) is 0. The van der Waals surface area contributed by atoms with Gasteiger partial charge in [0.15, 0.2) is 5.78 Å². The van der Waals surface area contributed by atoms with Crippen LogP contribution >= 0.6 is 11.6 Å². The summed E-state index contributed by atoms with van der Waals surface area (Å²) in [6, 6.07) is 11.5. The second-order valence-corrected chi connectivity index (χ2v) is 5.97. The number of benzene rings is 2. The van der Waals surface area contributed by atoms with Crippen LogP contribution in [0.4, 0.5) is 0 Å². The Kier molecular flexibility index (Phi) is 2.98. The standard InChI is InChI=1S/C18H14ClNO2/c1-22-17-4-2-3-12-15(9-20-18(12)17)13-8-16(21)14-7-10(19)5-6-11(13)14/h2-7,9,13,20H,8H2,1H3. The van der Waals surface area contributed by atoms with Gasteiger partial charge in [-0.15, -0.1) is 0 Å². The van der Waals surface area contributed by atoms with Crippen LogP contribution in [-0.4, -0.2) is 17.9 Å². The number of nitrogens with one attached hydrogen (secondary N) is 1. The quantitative estimate of drug-likeness (QED) is 0.754. The van der Waals surface area contributed by atoms with Gasteiger partial charge in [0.05, 0.1) is 12.6 Å². The lowest BCUT2D eigenvalue weighted by Gasteiger charge is -2.10. The van der Waals surface area contributed by atoms with Crippen molar-refractivity contribution >= 4 is 28.3 Å². The molecule has 1 aromatic heterocycles. The minimum atomic E-state index is 0.0700. The molecule has 1 heterocycles. The van der Waals surface area contributed by atoms with Gasteiger partial charge >= 0.3 is 0 Å². The highest BCUT2D eigenvalue weighted by atomic mass is 35.5. The molecule has 1 aliphatic carbocycles. The highest BCUT2D eigenvalue weighted by Gasteiger charge is 2.32. The number of methoxy groups -OCH3 is 1. The molecule has 0 saturated heterocycles. The molecule has 0 spiro atoms. The van der Waals surface area contributed by atoms with E-state index >= 15 is 0 Å².